The van der Waals surface area contributed by atoms with Crippen LogP contribution in [-0.2, 0) is 27.9 Å². The molecule has 0 aromatic heterocycles. The number of amides is 1. The Hall–Kier alpha value is -1.77. The van der Waals surface area contributed by atoms with Gasteiger partial charge in [-0.2, -0.15) is 0 Å². The molecule has 0 saturated carbocycles. The number of likely N-dealkylation sites (N-methyl/N-ethyl adjacent to an activating group) is 1. The molecule has 0 aromatic rings. The van der Waals surface area contributed by atoms with Crippen LogP contribution in [0.2, 0.25) is 0 Å². The number of carbonyl (C=O) groups excluding carboxylic acids is 2. The van der Waals surface area contributed by atoms with E-state index >= 15 is 0 Å². The smallest absolute Gasteiger partial charge is 0.306 e. The van der Waals surface area contributed by atoms with Crippen molar-refractivity contribution in [3.63, 3.8) is 0 Å². The van der Waals surface area contributed by atoms with Crippen molar-refractivity contribution in [3.05, 3.63) is 36.5 Å². The summed E-state index contributed by atoms with van der Waals surface area (Å²) in [5.41, 5.74) is 0. The third-order valence-electron chi connectivity index (χ3n) is 14.8. The zero-order chi connectivity index (χ0) is 55.7. The van der Waals surface area contributed by atoms with Crippen LogP contribution in [0.3, 0.4) is 0 Å². The van der Waals surface area contributed by atoms with Gasteiger partial charge in [-0.1, -0.05) is 289 Å². The number of nitrogens with one attached hydrogen (secondary N) is 1. The molecule has 0 spiro atoms. The largest absolute Gasteiger partial charge is 0.756 e. The fraction of sp³-hybridized carbons (Fsp3) is 0.879. The molecule has 0 aliphatic rings. The summed E-state index contributed by atoms with van der Waals surface area (Å²) in [5, 5.41) is 3.03. The van der Waals surface area contributed by atoms with Gasteiger partial charge in [-0.05, 0) is 57.4 Å². The van der Waals surface area contributed by atoms with Gasteiger partial charge in [-0.25, -0.2) is 0 Å². The highest BCUT2D eigenvalue weighted by atomic mass is 31.2. The first-order valence-electron chi connectivity index (χ1n) is 32.8. The van der Waals surface area contributed by atoms with Gasteiger partial charge in [0.15, 0.2) is 0 Å². The molecule has 3 atom stereocenters. The van der Waals surface area contributed by atoms with E-state index in [4.69, 9.17) is 13.8 Å². The van der Waals surface area contributed by atoms with Gasteiger partial charge < -0.3 is 28.5 Å². The molecule has 1 N–H and O–H groups in total. The van der Waals surface area contributed by atoms with Gasteiger partial charge in [0.05, 0.1) is 33.8 Å². The Kier molecular flexibility index (Phi) is 55.2. The zero-order valence-corrected chi connectivity index (χ0v) is 52.1. The van der Waals surface area contributed by atoms with E-state index in [0.29, 0.717) is 17.4 Å². The second kappa shape index (κ2) is 56.5. The van der Waals surface area contributed by atoms with Crippen molar-refractivity contribution in [1.29, 1.82) is 0 Å². The van der Waals surface area contributed by atoms with Crippen molar-refractivity contribution in [2.45, 2.75) is 335 Å². The first-order valence-corrected chi connectivity index (χ1v) is 34.3. The summed E-state index contributed by atoms with van der Waals surface area (Å²) < 4.78 is 30.3. The van der Waals surface area contributed by atoms with Crippen LogP contribution in [0.4, 0.5) is 0 Å². The first-order chi connectivity index (χ1) is 36.9. The number of hydrogen-bond acceptors (Lipinski definition) is 7. The lowest BCUT2D eigenvalue weighted by atomic mass is 10.0. The zero-order valence-electron chi connectivity index (χ0n) is 51.2. The predicted molar refractivity (Wildman–Crippen MR) is 326 cm³/mol. The number of rotatable bonds is 60. The second-order valence-electron chi connectivity index (χ2n) is 23.6. The molecule has 1 amide bonds. The van der Waals surface area contributed by atoms with Crippen molar-refractivity contribution in [1.82, 2.24) is 5.32 Å². The summed E-state index contributed by atoms with van der Waals surface area (Å²) in [6.07, 6.45) is 68.5. The van der Waals surface area contributed by atoms with Gasteiger partial charge in [0, 0.05) is 12.8 Å². The summed E-state index contributed by atoms with van der Waals surface area (Å²) in [5.74, 6) is -0.537. The Morgan fingerprint density at radius 2 is 0.842 bits per heavy atom. The molecule has 0 aliphatic heterocycles. The minimum Gasteiger partial charge on any atom is -0.756 e. The molecule has 448 valence electrons. The van der Waals surface area contributed by atoms with Gasteiger partial charge in [0.2, 0.25) is 5.91 Å². The fourth-order valence-electron chi connectivity index (χ4n) is 9.80. The van der Waals surface area contributed by atoms with Gasteiger partial charge in [0.25, 0.3) is 7.82 Å². The summed E-state index contributed by atoms with van der Waals surface area (Å²) in [6.45, 7) is 6.77. The Labute approximate surface area is 472 Å². The molecule has 9 nitrogen and oxygen atoms in total. The van der Waals surface area contributed by atoms with Crippen LogP contribution in [-0.4, -0.2) is 69.4 Å². The highest BCUT2D eigenvalue weighted by molar-refractivity contribution is 7.45. The predicted octanol–water partition coefficient (Wildman–Crippen LogP) is 19.7. The lowest BCUT2D eigenvalue weighted by Crippen LogP contribution is -2.47. The van der Waals surface area contributed by atoms with Crippen LogP contribution < -0.4 is 10.2 Å². The van der Waals surface area contributed by atoms with Gasteiger partial charge in [-0.3, -0.25) is 14.2 Å². The third kappa shape index (κ3) is 56.9. The van der Waals surface area contributed by atoms with Crippen LogP contribution in [0.1, 0.15) is 323 Å². The number of unbranched alkanes of at least 4 members (excludes halogenated alkanes) is 40. The minimum atomic E-state index is -4.70. The number of phosphoric acid groups is 1. The number of nitrogens with zero attached hydrogens (tertiary/aromatic N) is 1. The molecular weight excluding hydrogens is 964 g/mol. The number of hydrogen-bond donors (Lipinski definition) is 1. The average Bonchev–Trinajstić information content (AvgIpc) is 3.38. The van der Waals surface area contributed by atoms with E-state index in [2.05, 4.69) is 50.4 Å². The molecule has 0 radical (unpaired) electrons. The lowest BCUT2D eigenvalue weighted by molar-refractivity contribution is -0.870. The maximum Gasteiger partial charge on any atom is 0.306 e. The SMILES string of the molecule is CC/C=C/C/C=C/CCCCCCCCCC(=O)NC(COP(=O)([O-])OCC[N+](C)(C)C)C(/C=C\CCCCCCCCCCC)OC(=O)CCCCCCCCCCCCCCCCCCCCCCCCCCC. The molecule has 0 aliphatic carbocycles. The molecule has 10 heteroatoms. The maximum absolute atomic E-state index is 13.5. The lowest BCUT2D eigenvalue weighted by Gasteiger charge is -2.30. The summed E-state index contributed by atoms with van der Waals surface area (Å²) in [4.78, 5) is 40.0. The van der Waals surface area contributed by atoms with Crippen molar-refractivity contribution in [2.75, 3.05) is 40.9 Å². The monoisotopic (exact) mass is 1090 g/mol. The minimum absolute atomic E-state index is 0.0219. The van der Waals surface area contributed by atoms with E-state index < -0.39 is 20.0 Å². The maximum atomic E-state index is 13.5. The molecule has 0 rings (SSSR count). The van der Waals surface area contributed by atoms with Crippen LogP contribution in [0, 0.1) is 0 Å². The van der Waals surface area contributed by atoms with E-state index in [0.717, 1.165) is 83.5 Å². The van der Waals surface area contributed by atoms with Crippen molar-refractivity contribution in [3.8, 4) is 0 Å². The number of allylic oxidation sites excluding steroid dienone is 5. The molecule has 3 unspecified atom stereocenters. The van der Waals surface area contributed by atoms with Crippen LogP contribution in [0.5, 0.6) is 0 Å². The van der Waals surface area contributed by atoms with E-state index in [1.165, 1.54) is 205 Å². The summed E-state index contributed by atoms with van der Waals surface area (Å²) in [6, 6.07) is -0.888. The van der Waals surface area contributed by atoms with Gasteiger partial charge in [-0.15, -0.1) is 0 Å². The van der Waals surface area contributed by atoms with Crippen LogP contribution >= 0.6 is 7.82 Å². The molecule has 0 fully saturated rings. The molecule has 0 saturated heterocycles. The average molecular weight is 1090 g/mol. The first kappa shape index (κ1) is 74.2. The number of phosphoric ester groups is 1. The number of quaternary nitrogens is 1. The highest BCUT2D eigenvalue weighted by Gasteiger charge is 2.27. The second-order valence-corrected chi connectivity index (χ2v) is 25.0. The number of ether oxygens (including phenoxy) is 1. The summed E-state index contributed by atoms with van der Waals surface area (Å²) in [7, 11) is 1.19. The van der Waals surface area contributed by atoms with E-state index in [9.17, 15) is 19.0 Å². The summed E-state index contributed by atoms with van der Waals surface area (Å²) >= 11 is 0. The Bertz CT molecular complexity index is 1400. The van der Waals surface area contributed by atoms with Crippen molar-refractivity contribution < 1.29 is 37.3 Å². The molecular formula is C66H127N2O7P. The quantitative estimate of drug-likeness (QED) is 0.0212. The van der Waals surface area contributed by atoms with Crippen molar-refractivity contribution in [2.24, 2.45) is 0 Å². The van der Waals surface area contributed by atoms with Crippen LogP contribution in [0.15, 0.2) is 36.5 Å². The standard InChI is InChI=1S/C66H127N2O7P/c1-7-10-13-16-19-22-25-27-29-30-31-32-33-34-35-36-37-38-39-41-44-47-50-53-56-59-66(70)75-64(57-54-51-48-45-42-24-21-18-15-12-9-3)63(62-74-76(71,72)73-61-60-68(4,5)6)67-65(69)58-55-52-49-46-43-40-28-26-23-20-17-14-11-8-2/h11,14,20,23,54,57,63-64H,7-10,12-13,15-19,21-22,24-53,55-56,58-62H2,1-6H3,(H-,67,69,71,72)/b14-11+,23-20+,57-54-. The number of esters is 1. The molecule has 0 aromatic carbocycles. The fourth-order valence-corrected chi connectivity index (χ4v) is 10.5. The normalized spacial score (nSPS) is 13.8. The van der Waals surface area contributed by atoms with Gasteiger partial charge >= 0.3 is 5.97 Å². The van der Waals surface area contributed by atoms with E-state index in [-0.39, 0.29) is 31.5 Å². The Morgan fingerprint density at radius 1 is 0.474 bits per heavy atom. The van der Waals surface area contributed by atoms with E-state index in [1.54, 1.807) is 0 Å². The molecule has 0 heterocycles. The molecule has 76 heavy (non-hydrogen) atoms. The number of carbonyl (C=O) groups is 2. The van der Waals surface area contributed by atoms with E-state index in [1.807, 2.05) is 33.3 Å². The molecule has 0 bridgehead atoms. The Balaban J connectivity index is 5.00. The Morgan fingerprint density at radius 3 is 1.25 bits per heavy atom. The van der Waals surface area contributed by atoms with Crippen LogP contribution in [0.25, 0.3) is 0 Å². The highest BCUT2D eigenvalue weighted by Crippen LogP contribution is 2.38. The van der Waals surface area contributed by atoms with Crippen molar-refractivity contribution >= 4 is 19.7 Å². The topological polar surface area (TPSA) is 114 Å². The van der Waals surface area contributed by atoms with Gasteiger partial charge in [0.1, 0.15) is 19.3 Å². The third-order valence-corrected chi connectivity index (χ3v) is 15.8.